The Morgan fingerprint density at radius 3 is 2.19 bits per heavy atom. The third-order valence-electron chi connectivity index (χ3n) is 3.36. The van der Waals surface area contributed by atoms with Gasteiger partial charge < -0.3 is 20.1 Å². The quantitative estimate of drug-likeness (QED) is 0.611. The highest BCUT2D eigenvalue weighted by Gasteiger charge is 2.08. The molecule has 7 heteroatoms. The maximum atomic E-state index is 12.0. The van der Waals surface area contributed by atoms with E-state index in [0.717, 1.165) is 10.2 Å². The third-order valence-corrected chi connectivity index (χ3v) is 4.05. The number of hydrogen-bond acceptors (Lipinski definition) is 4. The Balaban J connectivity index is 1.64. The first-order valence-electron chi connectivity index (χ1n) is 8.25. The highest BCUT2D eigenvalue weighted by atomic mass is 79.9. The molecule has 138 valence electrons. The Hall–Kier alpha value is -2.54. The van der Waals surface area contributed by atoms with Crippen molar-refractivity contribution in [2.75, 3.05) is 26.3 Å². The SMILES string of the molecule is CCOc1ccc(OCC(=O)NCCNC(=O)c2ccccc2Br)cc1. The molecule has 0 unspecified atom stereocenters. The summed E-state index contributed by atoms with van der Waals surface area (Å²) in [7, 11) is 0. The summed E-state index contributed by atoms with van der Waals surface area (Å²) in [5.74, 6) is 0.891. The zero-order valence-corrected chi connectivity index (χ0v) is 16.0. The zero-order valence-electron chi connectivity index (χ0n) is 14.5. The van der Waals surface area contributed by atoms with E-state index in [1.54, 1.807) is 42.5 Å². The van der Waals surface area contributed by atoms with E-state index < -0.39 is 0 Å². The minimum atomic E-state index is -0.256. The van der Waals surface area contributed by atoms with Crippen molar-refractivity contribution in [2.45, 2.75) is 6.92 Å². The molecule has 0 bridgehead atoms. The number of amides is 2. The fourth-order valence-electron chi connectivity index (χ4n) is 2.12. The molecule has 0 aliphatic carbocycles. The van der Waals surface area contributed by atoms with Crippen LogP contribution in [0.1, 0.15) is 17.3 Å². The van der Waals surface area contributed by atoms with Crippen molar-refractivity contribution in [1.82, 2.24) is 10.6 Å². The molecule has 2 amide bonds. The number of rotatable bonds is 9. The Morgan fingerprint density at radius 1 is 0.923 bits per heavy atom. The van der Waals surface area contributed by atoms with Gasteiger partial charge in [-0.15, -0.1) is 0 Å². The van der Waals surface area contributed by atoms with E-state index in [-0.39, 0.29) is 18.4 Å². The predicted octanol–water partition coefficient (Wildman–Crippen LogP) is 2.77. The van der Waals surface area contributed by atoms with E-state index in [1.165, 1.54) is 0 Å². The number of hydrogen-bond donors (Lipinski definition) is 2. The van der Waals surface area contributed by atoms with E-state index in [0.29, 0.717) is 31.0 Å². The van der Waals surface area contributed by atoms with E-state index in [9.17, 15) is 9.59 Å². The Morgan fingerprint density at radius 2 is 1.54 bits per heavy atom. The summed E-state index contributed by atoms with van der Waals surface area (Å²) in [6.45, 7) is 3.07. The number of ether oxygens (including phenoxy) is 2. The maximum absolute atomic E-state index is 12.0. The second-order valence-corrected chi connectivity index (χ2v) is 6.13. The Bertz CT molecular complexity index is 735. The standard InChI is InChI=1S/C19H21BrN2O4/c1-2-25-14-7-9-15(10-8-14)26-13-18(23)21-11-12-22-19(24)16-5-3-4-6-17(16)20/h3-10H,2,11-13H2,1H3,(H,21,23)(H,22,24). The molecule has 0 fully saturated rings. The first-order chi connectivity index (χ1) is 12.6. The second-order valence-electron chi connectivity index (χ2n) is 5.28. The van der Waals surface area contributed by atoms with Gasteiger partial charge in [0, 0.05) is 17.6 Å². The van der Waals surface area contributed by atoms with Crippen LogP contribution in [0.15, 0.2) is 53.0 Å². The van der Waals surface area contributed by atoms with Crippen LogP contribution in [0.25, 0.3) is 0 Å². The first kappa shape index (κ1) is 19.8. The van der Waals surface area contributed by atoms with Crippen LogP contribution in [-0.2, 0) is 4.79 Å². The molecule has 0 aromatic heterocycles. The van der Waals surface area contributed by atoms with Gasteiger partial charge in [-0.3, -0.25) is 9.59 Å². The van der Waals surface area contributed by atoms with Crippen molar-refractivity contribution >= 4 is 27.7 Å². The smallest absolute Gasteiger partial charge is 0.258 e. The minimum absolute atomic E-state index is 0.0911. The van der Waals surface area contributed by atoms with Crippen molar-refractivity contribution in [3.63, 3.8) is 0 Å². The Kier molecular flexibility index (Phi) is 7.95. The fourth-order valence-corrected chi connectivity index (χ4v) is 2.58. The van der Waals surface area contributed by atoms with Crippen molar-refractivity contribution < 1.29 is 19.1 Å². The van der Waals surface area contributed by atoms with Crippen LogP contribution in [0.5, 0.6) is 11.5 Å². The average Bonchev–Trinajstić information content (AvgIpc) is 2.65. The summed E-state index contributed by atoms with van der Waals surface area (Å²) in [5, 5.41) is 5.44. The molecular formula is C19H21BrN2O4. The molecule has 0 saturated carbocycles. The minimum Gasteiger partial charge on any atom is -0.494 e. The van der Waals surface area contributed by atoms with Gasteiger partial charge in [0.25, 0.3) is 11.8 Å². The molecule has 0 saturated heterocycles. The Labute approximate surface area is 161 Å². The van der Waals surface area contributed by atoms with Crippen LogP contribution >= 0.6 is 15.9 Å². The van der Waals surface area contributed by atoms with Gasteiger partial charge >= 0.3 is 0 Å². The van der Waals surface area contributed by atoms with E-state index in [1.807, 2.05) is 13.0 Å². The number of carbonyl (C=O) groups is 2. The van der Waals surface area contributed by atoms with Gasteiger partial charge in [0.2, 0.25) is 0 Å². The molecule has 0 spiro atoms. The average molecular weight is 421 g/mol. The summed E-state index contributed by atoms with van der Waals surface area (Å²) < 4.78 is 11.5. The van der Waals surface area contributed by atoms with Crippen LogP contribution in [0.3, 0.4) is 0 Å². The lowest BCUT2D eigenvalue weighted by molar-refractivity contribution is -0.123. The predicted molar refractivity (Wildman–Crippen MR) is 103 cm³/mol. The number of carbonyl (C=O) groups excluding carboxylic acids is 2. The van der Waals surface area contributed by atoms with Crippen LogP contribution in [0, 0.1) is 0 Å². The van der Waals surface area contributed by atoms with Gasteiger partial charge in [0.1, 0.15) is 11.5 Å². The fraction of sp³-hybridized carbons (Fsp3) is 0.263. The maximum Gasteiger partial charge on any atom is 0.258 e. The topological polar surface area (TPSA) is 76.7 Å². The van der Waals surface area contributed by atoms with Crippen LogP contribution < -0.4 is 20.1 Å². The largest absolute Gasteiger partial charge is 0.494 e. The lowest BCUT2D eigenvalue weighted by Gasteiger charge is -2.09. The lowest BCUT2D eigenvalue weighted by atomic mass is 10.2. The molecule has 0 radical (unpaired) electrons. The monoisotopic (exact) mass is 420 g/mol. The van der Waals surface area contributed by atoms with Crippen molar-refractivity contribution in [1.29, 1.82) is 0 Å². The molecule has 0 heterocycles. The van der Waals surface area contributed by atoms with Crippen molar-refractivity contribution in [3.05, 3.63) is 58.6 Å². The molecule has 0 atom stereocenters. The number of halogens is 1. The summed E-state index contributed by atoms with van der Waals surface area (Å²) in [6, 6.07) is 14.2. The number of nitrogens with one attached hydrogen (secondary N) is 2. The van der Waals surface area contributed by atoms with Gasteiger partial charge in [-0.25, -0.2) is 0 Å². The molecular weight excluding hydrogens is 400 g/mol. The molecule has 2 aromatic rings. The van der Waals surface area contributed by atoms with E-state index in [2.05, 4.69) is 26.6 Å². The second kappa shape index (κ2) is 10.5. The molecule has 26 heavy (non-hydrogen) atoms. The van der Waals surface area contributed by atoms with Gasteiger partial charge in [0.15, 0.2) is 6.61 Å². The molecule has 6 nitrogen and oxygen atoms in total. The molecule has 2 N–H and O–H groups in total. The van der Waals surface area contributed by atoms with Gasteiger partial charge in [-0.2, -0.15) is 0 Å². The summed E-state index contributed by atoms with van der Waals surface area (Å²) in [4.78, 5) is 23.8. The third kappa shape index (κ3) is 6.40. The lowest BCUT2D eigenvalue weighted by Crippen LogP contribution is -2.36. The normalized spacial score (nSPS) is 10.1. The summed E-state index contributed by atoms with van der Waals surface area (Å²) >= 11 is 3.33. The number of benzene rings is 2. The van der Waals surface area contributed by atoms with Crippen LogP contribution in [0.4, 0.5) is 0 Å². The van der Waals surface area contributed by atoms with Gasteiger partial charge in [0.05, 0.1) is 12.2 Å². The summed E-state index contributed by atoms with van der Waals surface area (Å²) in [5.41, 5.74) is 0.553. The van der Waals surface area contributed by atoms with E-state index in [4.69, 9.17) is 9.47 Å². The molecule has 0 aliphatic heterocycles. The molecule has 2 rings (SSSR count). The van der Waals surface area contributed by atoms with Gasteiger partial charge in [-0.1, -0.05) is 12.1 Å². The summed E-state index contributed by atoms with van der Waals surface area (Å²) in [6.07, 6.45) is 0. The molecule has 0 aliphatic rings. The van der Waals surface area contributed by atoms with E-state index >= 15 is 0 Å². The first-order valence-corrected chi connectivity index (χ1v) is 9.04. The van der Waals surface area contributed by atoms with Crippen molar-refractivity contribution in [2.24, 2.45) is 0 Å². The van der Waals surface area contributed by atoms with Crippen LogP contribution in [0.2, 0.25) is 0 Å². The zero-order chi connectivity index (χ0) is 18.8. The highest BCUT2D eigenvalue weighted by Crippen LogP contribution is 2.17. The van der Waals surface area contributed by atoms with Crippen LogP contribution in [-0.4, -0.2) is 38.1 Å². The van der Waals surface area contributed by atoms with Gasteiger partial charge in [-0.05, 0) is 59.3 Å². The van der Waals surface area contributed by atoms with Crippen molar-refractivity contribution in [3.8, 4) is 11.5 Å². The highest BCUT2D eigenvalue weighted by molar-refractivity contribution is 9.10. The molecule has 2 aromatic carbocycles.